The van der Waals surface area contributed by atoms with Crippen LogP contribution in [0, 0.1) is 5.41 Å². The second-order valence-corrected chi connectivity index (χ2v) is 4.21. The van der Waals surface area contributed by atoms with Crippen LogP contribution in [0.4, 0.5) is 0 Å². The molecule has 0 aliphatic heterocycles. The summed E-state index contributed by atoms with van der Waals surface area (Å²) in [4.78, 5) is 0.366. The number of halogens is 1. The van der Waals surface area contributed by atoms with Crippen LogP contribution >= 0.6 is 15.9 Å². The molecule has 1 unspecified atom stereocenters. The molecule has 0 radical (unpaired) electrons. The fraction of sp³-hybridized carbons (Fsp3) is 0.500. The highest BCUT2D eigenvalue weighted by Gasteiger charge is 2.24. The zero-order valence-corrected chi connectivity index (χ0v) is 7.85. The third kappa shape index (κ3) is 1.43. The normalized spacial score (nSPS) is 29.9. The monoisotopic (exact) mass is 201 g/mol. The molecule has 0 aromatic rings. The summed E-state index contributed by atoms with van der Waals surface area (Å²) in [7, 11) is 0. The molecule has 1 aliphatic rings. The number of allylic oxidation sites excluding steroid dienone is 3. The first-order valence-electron chi connectivity index (χ1n) is 3.33. The lowest BCUT2D eigenvalue weighted by Gasteiger charge is -2.27. The second-order valence-electron chi connectivity index (χ2n) is 3.22. The van der Waals surface area contributed by atoms with E-state index < -0.39 is 0 Å². The maximum atomic E-state index is 5.59. The van der Waals surface area contributed by atoms with E-state index in [9.17, 15) is 0 Å². The Labute approximate surface area is 70.1 Å². The second kappa shape index (κ2) is 2.42. The molecule has 0 aromatic carbocycles. The van der Waals surface area contributed by atoms with Crippen LogP contribution in [-0.2, 0) is 0 Å². The van der Waals surface area contributed by atoms with Crippen LogP contribution in [0.5, 0.6) is 0 Å². The van der Waals surface area contributed by atoms with Crippen molar-refractivity contribution in [2.24, 2.45) is 11.1 Å². The van der Waals surface area contributed by atoms with E-state index in [0.29, 0.717) is 4.83 Å². The maximum Gasteiger partial charge on any atom is 0.0433 e. The minimum absolute atomic E-state index is 0.197. The van der Waals surface area contributed by atoms with E-state index in [4.69, 9.17) is 5.73 Å². The van der Waals surface area contributed by atoms with Gasteiger partial charge in [-0.1, -0.05) is 35.9 Å². The van der Waals surface area contributed by atoms with Crippen molar-refractivity contribution in [3.63, 3.8) is 0 Å². The van der Waals surface area contributed by atoms with E-state index in [-0.39, 0.29) is 5.41 Å². The Hall–Kier alpha value is -0.240. The highest BCUT2D eigenvalue weighted by molar-refractivity contribution is 9.09. The molecule has 0 fully saturated rings. The summed E-state index contributed by atoms with van der Waals surface area (Å²) in [5.74, 6) is 0. The van der Waals surface area contributed by atoms with Crippen LogP contribution in [0.15, 0.2) is 23.9 Å². The first kappa shape index (κ1) is 7.86. The number of hydrogen-bond acceptors (Lipinski definition) is 1. The fourth-order valence-corrected chi connectivity index (χ4v) is 1.30. The Kier molecular flexibility index (Phi) is 1.90. The number of alkyl halides is 1. The molecule has 2 N–H and O–H groups in total. The average Bonchev–Trinajstić information content (AvgIpc) is 1.81. The minimum atomic E-state index is 0.197. The lowest BCUT2D eigenvalue weighted by Crippen LogP contribution is -2.23. The maximum absolute atomic E-state index is 5.59. The zero-order valence-electron chi connectivity index (χ0n) is 6.26. The van der Waals surface area contributed by atoms with Gasteiger partial charge in [-0.2, -0.15) is 0 Å². The molecule has 2 heteroatoms. The van der Waals surface area contributed by atoms with Gasteiger partial charge in [0, 0.05) is 10.5 Å². The molecular formula is C8H12BrN. The Morgan fingerprint density at radius 1 is 1.60 bits per heavy atom. The highest BCUT2D eigenvalue weighted by atomic mass is 79.9. The average molecular weight is 202 g/mol. The molecule has 0 spiro atoms. The third-order valence-electron chi connectivity index (χ3n) is 1.75. The van der Waals surface area contributed by atoms with Crippen molar-refractivity contribution in [1.29, 1.82) is 0 Å². The van der Waals surface area contributed by atoms with Crippen LogP contribution in [-0.4, -0.2) is 4.83 Å². The van der Waals surface area contributed by atoms with Crippen LogP contribution in [0.2, 0.25) is 0 Å². The molecule has 0 amide bonds. The SMILES string of the molecule is CC1(C)C=CC(N)=CC1Br. The molecule has 10 heavy (non-hydrogen) atoms. The molecule has 0 bridgehead atoms. The first-order chi connectivity index (χ1) is 4.52. The predicted octanol–water partition coefficient (Wildman–Crippen LogP) is 2.19. The first-order valence-corrected chi connectivity index (χ1v) is 4.24. The Morgan fingerprint density at radius 2 is 2.20 bits per heavy atom. The van der Waals surface area contributed by atoms with E-state index in [2.05, 4.69) is 35.9 Å². The van der Waals surface area contributed by atoms with Gasteiger partial charge in [0.2, 0.25) is 0 Å². The van der Waals surface area contributed by atoms with Gasteiger partial charge in [-0.15, -0.1) is 0 Å². The lowest BCUT2D eigenvalue weighted by molar-refractivity contribution is 0.500. The fourth-order valence-electron chi connectivity index (χ4n) is 0.842. The minimum Gasteiger partial charge on any atom is -0.399 e. The van der Waals surface area contributed by atoms with Gasteiger partial charge in [0.05, 0.1) is 0 Å². The standard InChI is InChI=1S/C8H12BrN/c1-8(2)4-3-6(10)5-7(8)9/h3-5,7H,10H2,1-2H3. The summed E-state index contributed by atoms with van der Waals surface area (Å²) in [6.07, 6.45) is 6.11. The van der Waals surface area contributed by atoms with Crippen molar-refractivity contribution in [2.45, 2.75) is 18.7 Å². The van der Waals surface area contributed by atoms with Crippen molar-refractivity contribution in [1.82, 2.24) is 0 Å². The number of hydrogen-bond donors (Lipinski definition) is 1. The van der Waals surface area contributed by atoms with E-state index in [1.807, 2.05) is 12.2 Å². The van der Waals surface area contributed by atoms with Gasteiger partial charge in [-0.05, 0) is 17.6 Å². The largest absolute Gasteiger partial charge is 0.399 e. The van der Waals surface area contributed by atoms with Crippen LogP contribution in [0.3, 0.4) is 0 Å². The molecule has 1 aliphatic carbocycles. The summed E-state index contributed by atoms with van der Waals surface area (Å²) < 4.78 is 0. The van der Waals surface area contributed by atoms with Crippen LogP contribution in [0.25, 0.3) is 0 Å². The summed E-state index contributed by atoms with van der Waals surface area (Å²) in [5, 5.41) is 0. The Bertz CT molecular complexity index is 191. The van der Waals surface area contributed by atoms with Gasteiger partial charge in [-0.3, -0.25) is 0 Å². The smallest absolute Gasteiger partial charge is 0.0433 e. The van der Waals surface area contributed by atoms with E-state index in [0.717, 1.165) is 5.70 Å². The van der Waals surface area contributed by atoms with Gasteiger partial charge >= 0.3 is 0 Å². The van der Waals surface area contributed by atoms with Crippen molar-refractivity contribution >= 4 is 15.9 Å². The Morgan fingerprint density at radius 3 is 2.60 bits per heavy atom. The molecule has 1 rings (SSSR count). The van der Waals surface area contributed by atoms with Crippen LogP contribution < -0.4 is 5.73 Å². The van der Waals surface area contributed by atoms with Crippen molar-refractivity contribution < 1.29 is 0 Å². The van der Waals surface area contributed by atoms with Gasteiger partial charge < -0.3 is 5.73 Å². The molecule has 56 valence electrons. The van der Waals surface area contributed by atoms with Gasteiger partial charge in [0.1, 0.15) is 0 Å². The molecule has 0 saturated heterocycles. The van der Waals surface area contributed by atoms with E-state index in [1.54, 1.807) is 0 Å². The number of rotatable bonds is 0. The predicted molar refractivity (Wildman–Crippen MR) is 47.9 cm³/mol. The molecule has 1 nitrogen and oxygen atoms in total. The van der Waals surface area contributed by atoms with Crippen LogP contribution in [0.1, 0.15) is 13.8 Å². The van der Waals surface area contributed by atoms with E-state index in [1.165, 1.54) is 0 Å². The topological polar surface area (TPSA) is 26.0 Å². The van der Waals surface area contributed by atoms with Crippen molar-refractivity contribution in [3.05, 3.63) is 23.9 Å². The summed E-state index contributed by atoms with van der Waals surface area (Å²) >= 11 is 3.54. The highest BCUT2D eigenvalue weighted by Crippen LogP contribution is 2.32. The van der Waals surface area contributed by atoms with Gasteiger partial charge in [0.25, 0.3) is 0 Å². The van der Waals surface area contributed by atoms with Gasteiger partial charge in [-0.25, -0.2) is 0 Å². The molecule has 0 heterocycles. The molecule has 1 atom stereocenters. The third-order valence-corrected chi connectivity index (χ3v) is 3.20. The molecule has 0 aromatic heterocycles. The zero-order chi connectivity index (χ0) is 7.78. The summed E-state index contributed by atoms with van der Waals surface area (Å²) in [6.45, 7) is 4.34. The quantitative estimate of drug-likeness (QED) is 0.598. The van der Waals surface area contributed by atoms with Crippen molar-refractivity contribution in [3.8, 4) is 0 Å². The summed E-state index contributed by atoms with van der Waals surface area (Å²) in [6, 6.07) is 0. The lowest BCUT2D eigenvalue weighted by atomic mass is 9.85. The molecule has 0 saturated carbocycles. The summed E-state index contributed by atoms with van der Waals surface area (Å²) in [5.41, 5.74) is 6.64. The van der Waals surface area contributed by atoms with E-state index >= 15 is 0 Å². The van der Waals surface area contributed by atoms with Crippen molar-refractivity contribution in [2.75, 3.05) is 0 Å². The molecular weight excluding hydrogens is 190 g/mol. The number of nitrogens with two attached hydrogens (primary N) is 1. The van der Waals surface area contributed by atoms with Gasteiger partial charge in [0.15, 0.2) is 0 Å². The Balaban J connectivity index is 2.84.